The standard InChI is InChI=1S/C22H28N4O4S/c1-17-8-9-20(18(2)14-17)31(29,30)26-12-10-25(11-13-26)16-21(27)24-22(28)23-15-19-6-4-3-5-7-19/h3-9,14H,10-13,15-16H2,1-2H3,(H2,23,24,27,28). The van der Waals surface area contributed by atoms with Gasteiger partial charge in [-0.2, -0.15) is 4.31 Å². The number of amides is 3. The molecule has 1 saturated heterocycles. The first-order valence-corrected chi connectivity index (χ1v) is 11.6. The van der Waals surface area contributed by atoms with Crippen LogP contribution < -0.4 is 10.6 Å². The number of nitrogens with one attached hydrogen (secondary N) is 2. The molecule has 0 aromatic heterocycles. The third-order valence-electron chi connectivity index (χ3n) is 5.20. The third-order valence-corrected chi connectivity index (χ3v) is 7.25. The van der Waals surface area contributed by atoms with Crippen LogP contribution in [0.25, 0.3) is 0 Å². The van der Waals surface area contributed by atoms with Crippen LogP contribution in [0.5, 0.6) is 0 Å². The Bertz CT molecular complexity index is 1030. The van der Waals surface area contributed by atoms with Crippen molar-refractivity contribution in [3.63, 3.8) is 0 Å². The number of hydrogen-bond donors (Lipinski definition) is 2. The normalized spacial score (nSPS) is 15.4. The van der Waals surface area contributed by atoms with E-state index in [4.69, 9.17) is 0 Å². The van der Waals surface area contributed by atoms with Crippen molar-refractivity contribution in [1.82, 2.24) is 19.8 Å². The second-order valence-corrected chi connectivity index (χ2v) is 9.57. The van der Waals surface area contributed by atoms with Gasteiger partial charge in [-0.3, -0.25) is 15.0 Å². The van der Waals surface area contributed by atoms with Crippen LogP contribution in [0.4, 0.5) is 4.79 Å². The van der Waals surface area contributed by atoms with E-state index in [9.17, 15) is 18.0 Å². The van der Waals surface area contributed by atoms with E-state index in [0.29, 0.717) is 37.6 Å². The van der Waals surface area contributed by atoms with Crippen LogP contribution >= 0.6 is 0 Å². The van der Waals surface area contributed by atoms with Crippen LogP contribution in [-0.4, -0.2) is 62.3 Å². The van der Waals surface area contributed by atoms with Crippen LogP contribution in [0, 0.1) is 13.8 Å². The average molecular weight is 445 g/mol. The van der Waals surface area contributed by atoms with Gasteiger partial charge >= 0.3 is 6.03 Å². The van der Waals surface area contributed by atoms with Crippen LogP contribution in [-0.2, 0) is 21.4 Å². The summed E-state index contributed by atoms with van der Waals surface area (Å²) < 4.78 is 27.4. The molecule has 2 aromatic carbocycles. The van der Waals surface area contributed by atoms with E-state index in [1.165, 1.54) is 4.31 Å². The number of sulfonamides is 1. The highest BCUT2D eigenvalue weighted by Gasteiger charge is 2.30. The summed E-state index contributed by atoms with van der Waals surface area (Å²) in [4.78, 5) is 26.2. The molecule has 0 aliphatic carbocycles. The number of carbonyl (C=O) groups is 2. The van der Waals surface area contributed by atoms with Gasteiger partial charge < -0.3 is 5.32 Å². The highest BCUT2D eigenvalue weighted by atomic mass is 32.2. The molecule has 0 bridgehead atoms. The molecular formula is C22H28N4O4S. The Morgan fingerprint density at radius 2 is 1.65 bits per heavy atom. The van der Waals surface area contributed by atoms with Crippen molar-refractivity contribution in [3.05, 3.63) is 65.2 Å². The number of piperazine rings is 1. The van der Waals surface area contributed by atoms with Crippen molar-refractivity contribution in [2.24, 2.45) is 0 Å². The van der Waals surface area contributed by atoms with Crippen molar-refractivity contribution < 1.29 is 18.0 Å². The van der Waals surface area contributed by atoms with Crippen LogP contribution in [0.1, 0.15) is 16.7 Å². The largest absolute Gasteiger partial charge is 0.334 e. The molecule has 0 atom stereocenters. The third kappa shape index (κ3) is 6.13. The average Bonchev–Trinajstić information content (AvgIpc) is 2.73. The monoisotopic (exact) mass is 444 g/mol. The van der Waals surface area contributed by atoms with Gasteiger partial charge in [0.25, 0.3) is 0 Å². The minimum atomic E-state index is -3.57. The van der Waals surface area contributed by atoms with Crippen molar-refractivity contribution in [1.29, 1.82) is 0 Å². The lowest BCUT2D eigenvalue weighted by molar-refractivity contribution is -0.121. The molecule has 166 valence electrons. The number of hydrogen-bond acceptors (Lipinski definition) is 5. The predicted octanol–water partition coefficient (Wildman–Crippen LogP) is 1.64. The van der Waals surface area contributed by atoms with Crippen LogP contribution in [0.2, 0.25) is 0 Å². The van der Waals surface area contributed by atoms with E-state index in [2.05, 4.69) is 10.6 Å². The Morgan fingerprint density at radius 3 is 2.29 bits per heavy atom. The molecule has 0 radical (unpaired) electrons. The fraction of sp³-hybridized carbons (Fsp3) is 0.364. The van der Waals surface area contributed by atoms with Gasteiger partial charge in [0.1, 0.15) is 0 Å². The maximum absolute atomic E-state index is 13.0. The predicted molar refractivity (Wildman–Crippen MR) is 118 cm³/mol. The molecule has 0 saturated carbocycles. The van der Waals surface area contributed by atoms with E-state index in [1.807, 2.05) is 48.2 Å². The summed E-state index contributed by atoms with van der Waals surface area (Å²) in [6.07, 6.45) is 0. The molecule has 1 fully saturated rings. The Hall–Kier alpha value is -2.75. The zero-order chi connectivity index (χ0) is 22.4. The molecule has 9 heteroatoms. The quantitative estimate of drug-likeness (QED) is 0.706. The molecule has 3 amide bonds. The van der Waals surface area contributed by atoms with Crippen molar-refractivity contribution in [2.75, 3.05) is 32.7 Å². The molecule has 3 rings (SSSR count). The summed E-state index contributed by atoms with van der Waals surface area (Å²) in [5.41, 5.74) is 2.68. The molecule has 0 spiro atoms. The summed E-state index contributed by atoms with van der Waals surface area (Å²) in [6.45, 7) is 5.52. The lowest BCUT2D eigenvalue weighted by Gasteiger charge is -2.33. The van der Waals surface area contributed by atoms with Gasteiger partial charge in [0, 0.05) is 32.7 Å². The Morgan fingerprint density at radius 1 is 0.968 bits per heavy atom. The van der Waals surface area contributed by atoms with Crippen molar-refractivity contribution in [2.45, 2.75) is 25.3 Å². The fourth-order valence-corrected chi connectivity index (χ4v) is 5.18. The first-order valence-electron chi connectivity index (χ1n) is 10.2. The van der Waals surface area contributed by atoms with Gasteiger partial charge in [0.2, 0.25) is 15.9 Å². The minimum Gasteiger partial charge on any atom is -0.334 e. The smallest absolute Gasteiger partial charge is 0.321 e. The van der Waals surface area contributed by atoms with E-state index in [1.54, 1.807) is 19.1 Å². The van der Waals surface area contributed by atoms with Crippen LogP contribution in [0.3, 0.4) is 0 Å². The summed E-state index contributed by atoms with van der Waals surface area (Å²) in [6, 6.07) is 14.2. The fourth-order valence-electron chi connectivity index (χ4n) is 3.55. The van der Waals surface area contributed by atoms with Crippen LogP contribution in [0.15, 0.2) is 53.4 Å². The highest BCUT2D eigenvalue weighted by molar-refractivity contribution is 7.89. The first-order chi connectivity index (χ1) is 14.8. The Labute approximate surface area is 183 Å². The van der Waals surface area contributed by atoms with Gasteiger partial charge in [0.15, 0.2) is 0 Å². The van der Waals surface area contributed by atoms with E-state index < -0.39 is 22.0 Å². The van der Waals surface area contributed by atoms with Gasteiger partial charge in [-0.05, 0) is 31.0 Å². The van der Waals surface area contributed by atoms with Gasteiger partial charge in [0.05, 0.1) is 11.4 Å². The Balaban J connectivity index is 1.46. The number of carbonyl (C=O) groups excluding carboxylic acids is 2. The van der Waals surface area contributed by atoms with E-state index >= 15 is 0 Å². The maximum atomic E-state index is 13.0. The summed E-state index contributed by atoms with van der Waals surface area (Å²) in [5, 5.41) is 4.96. The number of urea groups is 1. The second-order valence-electron chi connectivity index (χ2n) is 7.67. The van der Waals surface area contributed by atoms with Gasteiger partial charge in [-0.15, -0.1) is 0 Å². The maximum Gasteiger partial charge on any atom is 0.321 e. The molecule has 2 N–H and O–H groups in total. The van der Waals surface area contributed by atoms with E-state index in [-0.39, 0.29) is 6.54 Å². The highest BCUT2D eigenvalue weighted by Crippen LogP contribution is 2.22. The first kappa shape index (κ1) is 22.9. The van der Waals surface area contributed by atoms with Crippen molar-refractivity contribution >= 4 is 22.0 Å². The molecule has 1 aliphatic rings. The zero-order valence-corrected chi connectivity index (χ0v) is 18.6. The van der Waals surface area contributed by atoms with E-state index in [0.717, 1.165) is 16.7 Å². The molecule has 1 aliphatic heterocycles. The lowest BCUT2D eigenvalue weighted by Crippen LogP contribution is -2.52. The number of nitrogens with zero attached hydrogens (tertiary/aromatic N) is 2. The molecular weight excluding hydrogens is 416 g/mol. The number of benzene rings is 2. The summed E-state index contributed by atoms with van der Waals surface area (Å²) >= 11 is 0. The topological polar surface area (TPSA) is 98.8 Å². The number of aryl methyl sites for hydroxylation is 2. The molecule has 0 unspecified atom stereocenters. The number of imide groups is 1. The molecule has 8 nitrogen and oxygen atoms in total. The Kier molecular flexibility index (Phi) is 7.42. The van der Waals surface area contributed by atoms with Crippen molar-refractivity contribution in [3.8, 4) is 0 Å². The minimum absolute atomic E-state index is 0.0379. The SMILES string of the molecule is Cc1ccc(S(=O)(=O)N2CCN(CC(=O)NC(=O)NCc3ccccc3)CC2)c(C)c1. The van der Waals surface area contributed by atoms with Gasteiger partial charge in [-0.25, -0.2) is 13.2 Å². The molecule has 2 aromatic rings. The lowest BCUT2D eigenvalue weighted by atomic mass is 10.2. The van der Waals surface area contributed by atoms with Gasteiger partial charge in [-0.1, -0.05) is 48.0 Å². The zero-order valence-electron chi connectivity index (χ0n) is 17.8. The molecule has 1 heterocycles. The summed E-state index contributed by atoms with van der Waals surface area (Å²) in [7, 11) is -3.57. The summed E-state index contributed by atoms with van der Waals surface area (Å²) in [5.74, 6) is -0.420. The molecule has 31 heavy (non-hydrogen) atoms. The number of rotatable bonds is 6. The second kappa shape index (κ2) is 10.0.